The van der Waals surface area contributed by atoms with E-state index in [1.165, 1.54) is 11.3 Å². The van der Waals surface area contributed by atoms with Gasteiger partial charge in [-0.2, -0.15) is 0 Å². The second kappa shape index (κ2) is 8.38. The normalized spacial score (nSPS) is 18.4. The summed E-state index contributed by atoms with van der Waals surface area (Å²) in [5.74, 6) is -0.551. The van der Waals surface area contributed by atoms with Crippen molar-refractivity contribution in [3.63, 3.8) is 0 Å². The van der Waals surface area contributed by atoms with E-state index in [0.29, 0.717) is 56.4 Å². The summed E-state index contributed by atoms with van der Waals surface area (Å²) in [6.45, 7) is 2.52. The largest absolute Gasteiger partial charge is 0.347 e. The van der Waals surface area contributed by atoms with Crippen molar-refractivity contribution in [2.24, 2.45) is 0 Å². The number of piperidine rings is 1. The molecule has 8 heteroatoms. The van der Waals surface area contributed by atoms with Crippen molar-refractivity contribution in [3.05, 3.63) is 47.0 Å². The predicted molar refractivity (Wildman–Crippen MR) is 105 cm³/mol. The van der Waals surface area contributed by atoms with Crippen LogP contribution in [0.2, 0.25) is 0 Å². The zero-order valence-electron chi connectivity index (χ0n) is 15.6. The van der Waals surface area contributed by atoms with Gasteiger partial charge in [-0.15, -0.1) is 11.3 Å². The highest BCUT2D eigenvalue weighted by Crippen LogP contribution is 2.31. The van der Waals surface area contributed by atoms with Crippen molar-refractivity contribution in [1.82, 2.24) is 9.88 Å². The van der Waals surface area contributed by atoms with Crippen LogP contribution >= 0.6 is 11.3 Å². The van der Waals surface area contributed by atoms with Gasteiger partial charge in [-0.05, 0) is 5.56 Å². The van der Waals surface area contributed by atoms with Crippen LogP contribution in [-0.4, -0.2) is 53.8 Å². The molecule has 0 atom stereocenters. The molecular formula is C20H23N3O4S. The van der Waals surface area contributed by atoms with E-state index in [4.69, 9.17) is 9.47 Å². The van der Waals surface area contributed by atoms with Crippen molar-refractivity contribution < 1.29 is 19.1 Å². The Morgan fingerprint density at radius 3 is 2.54 bits per heavy atom. The van der Waals surface area contributed by atoms with Crippen LogP contribution in [0.1, 0.15) is 24.1 Å². The lowest BCUT2D eigenvalue weighted by Gasteiger charge is -2.37. The van der Waals surface area contributed by atoms with E-state index < -0.39 is 5.79 Å². The highest BCUT2D eigenvalue weighted by Gasteiger charge is 2.40. The molecule has 2 amide bonds. The van der Waals surface area contributed by atoms with Crippen LogP contribution in [0.3, 0.4) is 0 Å². The number of amides is 2. The number of carbonyl (C=O) groups is 2. The number of hydrogen-bond donors (Lipinski definition) is 1. The van der Waals surface area contributed by atoms with E-state index in [0.717, 1.165) is 5.56 Å². The number of aromatic nitrogens is 1. The highest BCUT2D eigenvalue weighted by molar-refractivity contribution is 7.13. The lowest BCUT2D eigenvalue weighted by molar-refractivity contribution is -0.187. The zero-order valence-corrected chi connectivity index (χ0v) is 16.4. The average molecular weight is 401 g/mol. The summed E-state index contributed by atoms with van der Waals surface area (Å²) >= 11 is 1.34. The third kappa shape index (κ3) is 4.57. The minimum atomic E-state index is -0.479. The predicted octanol–water partition coefficient (Wildman–Crippen LogP) is 2.23. The quantitative estimate of drug-likeness (QED) is 0.831. The van der Waals surface area contributed by atoms with Gasteiger partial charge in [-0.1, -0.05) is 30.3 Å². The van der Waals surface area contributed by atoms with Crippen molar-refractivity contribution in [3.8, 4) is 0 Å². The molecule has 4 rings (SSSR count). The Morgan fingerprint density at radius 2 is 1.82 bits per heavy atom. The molecule has 1 aromatic carbocycles. The van der Waals surface area contributed by atoms with Gasteiger partial charge in [0.2, 0.25) is 11.8 Å². The maximum atomic E-state index is 12.6. The molecule has 2 saturated heterocycles. The molecule has 1 aromatic heterocycles. The number of nitrogens with one attached hydrogen (secondary N) is 1. The topological polar surface area (TPSA) is 80.8 Å². The third-order valence-electron chi connectivity index (χ3n) is 5.03. The number of ether oxygens (including phenoxy) is 2. The summed E-state index contributed by atoms with van der Waals surface area (Å²) in [7, 11) is 0. The molecule has 2 fully saturated rings. The van der Waals surface area contributed by atoms with Crippen molar-refractivity contribution in [2.75, 3.05) is 31.6 Å². The molecule has 0 bridgehead atoms. The molecule has 7 nitrogen and oxygen atoms in total. The van der Waals surface area contributed by atoms with Crippen molar-refractivity contribution in [1.29, 1.82) is 0 Å². The molecule has 28 heavy (non-hydrogen) atoms. The van der Waals surface area contributed by atoms with Gasteiger partial charge in [0.05, 0.1) is 31.7 Å². The van der Waals surface area contributed by atoms with Gasteiger partial charge in [0.25, 0.3) is 0 Å². The molecule has 2 aliphatic rings. The SMILES string of the molecule is O=C(Cc1ccccc1)Nc1nc(CC(=O)N2CCC3(CC2)OCCO3)cs1. The average Bonchev–Trinajstić information content (AvgIpc) is 3.33. The summed E-state index contributed by atoms with van der Waals surface area (Å²) < 4.78 is 11.4. The highest BCUT2D eigenvalue weighted by atomic mass is 32.1. The summed E-state index contributed by atoms with van der Waals surface area (Å²) in [5, 5.41) is 5.15. The van der Waals surface area contributed by atoms with E-state index in [9.17, 15) is 9.59 Å². The molecule has 1 spiro atoms. The lowest BCUT2D eigenvalue weighted by Crippen LogP contribution is -2.47. The number of rotatable bonds is 5. The summed E-state index contributed by atoms with van der Waals surface area (Å²) in [6.07, 6.45) is 1.95. The van der Waals surface area contributed by atoms with Gasteiger partial charge < -0.3 is 19.7 Å². The Morgan fingerprint density at radius 1 is 1.11 bits per heavy atom. The van der Waals surface area contributed by atoms with Gasteiger partial charge >= 0.3 is 0 Å². The maximum Gasteiger partial charge on any atom is 0.230 e. The number of thiazole rings is 1. The molecular weight excluding hydrogens is 378 g/mol. The van der Waals surface area contributed by atoms with Crippen LogP contribution in [0.25, 0.3) is 0 Å². The summed E-state index contributed by atoms with van der Waals surface area (Å²) in [5.41, 5.74) is 1.63. The lowest BCUT2D eigenvalue weighted by atomic mass is 10.0. The van der Waals surface area contributed by atoms with E-state index in [1.54, 1.807) is 0 Å². The van der Waals surface area contributed by atoms with Gasteiger partial charge in [-0.3, -0.25) is 9.59 Å². The Balaban J connectivity index is 1.26. The van der Waals surface area contributed by atoms with Crippen LogP contribution in [0.15, 0.2) is 35.7 Å². The fourth-order valence-electron chi connectivity index (χ4n) is 3.54. The second-order valence-corrected chi connectivity index (χ2v) is 7.88. The molecule has 0 aliphatic carbocycles. The van der Waals surface area contributed by atoms with Crippen LogP contribution in [0.4, 0.5) is 5.13 Å². The first-order valence-corrected chi connectivity index (χ1v) is 10.3. The molecule has 2 aliphatic heterocycles. The second-order valence-electron chi connectivity index (χ2n) is 7.02. The molecule has 2 aromatic rings. The monoisotopic (exact) mass is 401 g/mol. The Hall–Kier alpha value is -2.29. The van der Waals surface area contributed by atoms with Gasteiger partial charge in [0, 0.05) is 31.3 Å². The van der Waals surface area contributed by atoms with Gasteiger partial charge in [0.1, 0.15) is 0 Å². The smallest absolute Gasteiger partial charge is 0.230 e. The van der Waals surface area contributed by atoms with Crippen LogP contribution in [0.5, 0.6) is 0 Å². The van der Waals surface area contributed by atoms with Gasteiger partial charge in [0.15, 0.2) is 10.9 Å². The Bertz CT molecular complexity index is 823. The third-order valence-corrected chi connectivity index (χ3v) is 5.84. The first-order chi connectivity index (χ1) is 13.6. The summed E-state index contributed by atoms with van der Waals surface area (Å²) in [4.78, 5) is 30.9. The zero-order chi connectivity index (χ0) is 19.4. The van der Waals surface area contributed by atoms with Crippen molar-refractivity contribution >= 4 is 28.3 Å². The number of likely N-dealkylation sites (tertiary alicyclic amines) is 1. The molecule has 0 unspecified atom stereocenters. The number of anilines is 1. The first-order valence-electron chi connectivity index (χ1n) is 9.46. The number of benzene rings is 1. The standard InChI is InChI=1S/C20H23N3O4S/c24-17(12-15-4-2-1-3-5-15)22-19-21-16(14-28-19)13-18(25)23-8-6-20(7-9-23)26-10-11-27-20/h1-5,14H,6-13H2,(H,21,22,24). The van der Waals surface area contributed by atoms with E-state index in [2.05, 4.69) is 10.3 Å². The minimum Gasteiger partial charge on any atom is -0.347 e. The Labute approximate surface area is 167 Å². The molecule has 3 heterocycles. The maximum absolute atomic E-state index is 12.6. The molecule has 148 valence electrons. The summed E-state index contributed by atoms with van der Waals surface area (Å²) in [6, 6.07) is 9.56. The minimum absolute atomic E-state index is 0.0420. The first kappa shape index (κ1) is 19.0. The fourth-order valence-corrected chi connectivity index (χ4v) is 4.27. The van der Waals surface area contributed by atoms with Crippen LogP contribution < -0.4 is 5.32 Å². The Kier molecular flexibility index (Phi) is 5.70. The molecule has 1 N–H and O–H groups in total. The van der Waals surface area contributed by atoms with Crippen LogP contribution in [-0.2, 0) is 31.9 Å². The van der Waals surface area contributed by atoms with E-state index >= 15 is 0 Å². The number of nitrogens with zero attached hydrogens (tertiary/aromatic N) is 2. The molecule has 0 radical (unpaired) electrons. The number of carbonyl (C=O) groups excluding carboxylic acids is 2. The van der Waals surface area contributed by atoms with E-state index in [-0.39, 0.29) is 18.2 Å². The van der Waals surface area contributed by atoms with Crippen molar-refractivity contribution in [2.45, 2.75) is 31.5 Å². The van der Waals surface area contributed by atoms with E-state index in [1.807, 2.05) is 40.6 Å². The fraction of sp³-hybridized carbons (Fsp3) is 0.450. The molecule has 0 saturated carbocycles. The van der Waals surface area contributed by atoms with Gasteiger partial charge in [-0.25, -0.2) is 4.98 Å². The number of hydrogen-bond acceptors (Lipinski definition) is 6. The van der Waals surface area contributed by atoms with Crippen LogP contribution in [0, 0.1) is 0 Å².